The summed E-state index contributed by atoms with van der Waals surface area (Å²) in [5.41, 5.74) is 5.58. The van der Waals surface area contributed by atoms with E-state index in [1.54, 1.807) is 6.92 Å². The molecule has 2 aromatic rings. The molecule has 3 rings (SSSR count). The van der Waals surface area contributed by atoms with Crippen LogP contribution in [0.4, 0.5) is 36.2 Å². The van der Waals surface area contributed by atoms with Crippen molar-refractivity contribution < 1.29 is 22.7 Å². The van der Waals surface area contributed by atoms with Gasteiger partial charge in [-0.25, -0.2) is 9.97 Å². The second kappa shape index (κ2) is 8.95. The zero-order chi connectivity index (χ0) is 21.9. The van der Waals surface area contributed by atoms with Crippen molar-refractivity contribution in [3.8, 4) is 0 Å². The van der Waals surface area contributed by atoms with E-state index in [-0.39, 0.29) is 29.1 Å². The summed E-state index contributed by atoms with van der Waals surface area (Å²) in [5.74, 6) is 0.262. The van der Waals surface area contributed by atoms with E-state index in [0.29, 0.717) is 38.4 Å². The van der Waals surface area contributed by atoms with Crippen LogP contribution in [0.15, 0.2) is 24.5 Å². The Labute approximate surface area is 176 Å². The molecule has 0 aliphatic carbocycles. The Balaban J connectivity index is 1.76. The standard InChI is InChI=1S/C19H21ClF3N5O2/c1-2-30-18(29)11-5-7-28(8-6-11)17-15(24)16(25-10-26-17)27-12-3-4-14(20)13(9-12)19(21,22)23/h3-4,9-11H,2,5-8,24H2,1H3,(H,25,26,27). The maximum atomic E-state index is 13.1. The fourth-order valence-electron chi connectivity index (χ4n) is 3.28. The third-order valence-electron chi connectivity index (χ3n) is 4.81. The molecule has 3 N–H and O–H groups in total. The summed E-state index contributed by atoms with van der Waals surface area (Å²) in [4.78, 5) is 22.1. The fourth-order valence-corrected chi connectivity index (χ4v) is 3.51. The van der Waals surface area contributed by atoms with Gasteiger partial charge in [0.15, 0.2) is 11.6 Å². The molecule has 0 saturated carbocycles. The summed E-state index contributed by atoms with van der Waals surface area (Å²) in [6.07, 6.45) is -2.11. The van der Waals surface area contributed by atoms with E-state index in [0.717, 1.165) is 12.1 Å². The molecular formula is C19H21ClF3N5O2. The maximum Gasteiger partial charge on any atom is 0.417 e. The molecule has 1 aromatic heterocycles. The SMILES string of the molecule is CCOC(=O)C1CCN(c2ncnc(Nc3ccc(Cl)c(C(F)(F)F)c3)c2N)CC1. The van der Waals surface area contributed by atoms with Gasteiger partial charge in [-0.2, -0.15) is 13.2 Å². The molecule has 162 valence electrons. The van der Waals surface area contributed by atoms with Crippen LogP contribution in [0.3, 0.4) is 0 Å². The van der Waals surface area contributed by atoms with Gasteiger partial charge in [0.05, 0.1) is 23.1 Å². The number of alkyl halides is 3. The molecule has 0 spiro atoms. The quantitative estimate of drug-likeness (QED) is 0.667. The molecular weight excluding hydrogens is 423 g/mol. The number of rotatable bonds is 5. The fraction of sp³-hybridized carbons (Fsp3) is 0.421. The van der Waals surface area contributed by atoms with Gasteiger partial charge in [-0.3, -0.25) is 4.79 Å². The number of halogens is 4. The second-order valence-electron chi connectivity index (χ2n) is 6.79. The molecule has 11 heteroatoms. The number of piperidine rings is 1. The average Bonchev–Trinajstić information content (AvgIpc) is 2.70. The minimum absolute atomic E-state index is 0.143. The summed E-state index contributed by atoms with van der Waals surface area (Å²) in [6, 6.07) is 3.46. The topological polar surface area (TPSA) is 93.4 Å². The Kier molecular flexibility index (Phi) is 6.55. The molecule has 2 heterocycles. The largest absolute Gasteiger partial charge is 0.466 e. The Morgan fingerprint density at radius 2 is 2.03 bits per heavy atom. The van der Waals surface area contributed by atoms with Gasteiger partial charge in [0.1, 0.15) is 12.0 Å². The molecule has 1 aromatic carbocycles. The monoisotopic (exact) mass is 443 g/mol. The number of anilines is 4. The second-order valence-corrected chi connectivity index (χ2v) is 7.20. The number of nitrogens with one attached hydrogen (secondary N) is 1. The zero-order valence-electron chi connectivity index (χ0n) is 16.2. The van der Waals surface area contributed by atoms with Crippen LogP contribution in [-0.4, -0.2) is 35.6 Å². The van der Waals surface area contributed by atoms with Gasteiger partial charge in [0.25, 0.3) is 0 Å². The van der Waals surface area contributed by atoms with Gasteiger partial charge in [-0.05, 0) is 38.0 Å². The highest BCUT2D eigenvalue weighted by Crippen LogP contribution is 2.37. The molecule has 0 amide bonds. The predicted octanol–water partition coefficient (Wildman–Crippen LogP) is 4.25. The van der Waals surface area contributed by atoms with Crippen LogP contribution in [-0.2, 0) is 15.7 Å². The number of carbonyl (C=O) groups is 1. The van der Waals surface area contributed by atoms with Crippen molar-refractivity contribution in [2.24, 2.45) is 5.92 Å². The van der Waals surface area contributed by atoms with E-state index in [4.69, 9.17) is 22.1 Å². The lowest BCUT2D eigenvalue weighted by atomic mass is 9.97. The van der Waals surface area contributed by atoms with Gasteiger partial charge in [-0.1, -0.05) is 11.6 Å². The first kappa shape index (κ1) is 21.9. The zero-order valence-corrected chi connectivity index (χ0v) is 16.9. The van der Waals surface area contributed by atoms with Crippen LogP contribution in [0, 0.1) is 5.92 Å². The predicted molar refractivity (Wildman–Crippen MR) is 108 cm³/mol. The first-order chi connectivity index (χ1) is 14.2. The van der Waals surface area contributed by atoms with E-state index < -0.39 is 16.8 Å². The molecule has 1 aliphatic rings. The Hall–Kier alpha value is -2.75. The van der Waals surface area contributed by atoms with Crippen LogP contribution in [0.2, 0.25) is 5.02 Å². The summed E-state index contributed by atoms with van der Waals surface area (Å²) < 4.78 is 44.3. The van der Waals surface area contributed by atoms with Crippen molar-refractivity contribution in [3.05, 3.63) is 35.1 Å². The number of hydrogen-bond donors (Lipinski definition) is 2. The number of esters is 1. The van der Waals surface area contributed by atoms with Gasteiger partial charge in [-0.15, -0.1) is 0 Å². The van der Waals surface area contributed by atoms with Crippen LogP contribution >= 0.6 is 11.6 Å². The summed E-state index contributed by atoms with van der Waals surface area (Å²) >= 11 is 5.66. The number of nitrogens with two attached hydrogens (primary N) is 1. The molecule has 7 nitrogen and oxygen atoms in total. The molecule has 0 radical (unpaired) electrons. The van der Waals surface area contributed by atoms with Crippen molar-refractivity contribution >= 4 is 40.6 Å². The van der Waals surface area contributed by atoms with Crippen molar-refractivity contribution in [2.45, 2.75) is 25.9 Å². The van der Waals surface area contributed by atoms with Crippen LogP contribution < -0.4 is 16.0 Å². The third kappa shape index (κ3) is 4.86. The lowest BCUT2D eigenvalue weighted by Gasteiger charge is -2.32. The highest BCUT2D eigenvalue weighted by molar-refractivity contribution is 6.31. The molecule has 1 fully saturated rings. The number of hydrogen-bond acceptors (Lipinski definition) is 7. The van der Waals surface area contributed by atoms with Gasteiger partial charge in [0, 0.05) is 18.8 Å². The van der Waals surface area contributed by atoms with Crippen molar-refractivity contribution in [3.63, 3.8) is 0 Å². The number of nitrogen functional groups attached to an aromatic ring is 1. The van der Waals surface area contributed by atoms with Crippen LogP contribution in [0.1, 0.15) is 25.3 Å². The smallest absolute Gasteiger partial charge is 0.417 e. The number of ether oxygens (including phenoxy) is 1. The molecule has 0 bridgehead atoms. The lowest BCUT2D eigenvalue weighted by Crippen LogP contribution is -2.37. The van der Waals surface area contributed by atoms with Crippen LogP contribution in [0.25, 0.3) is 0 Å². The normalized spacial score (nSPS) is 15.2. The number of benzene rings is 1. The summed E-state index contributed by atoms with van der Waals surface area (Å²) in [7, 11) is 0. The average molecular weight is 444 g/mol. The Morgan fingerprint density at radius 3 is 2.67 bits per heavy atom. The lowest BCUT2D eigenvalue weighted by molar-refractivity contribution is -0.148. The van der Waals surface area contributed by atoms with Gasteiger partial charge in [0.2, 0.25) is 0 Å². The number of aromatic nitrogens is 2. The number of carbonyl (C=O) groups excluding carboxylic acids is 1. The molecule has 0 unspecified atom stereocenters. The van der Waals surface area contributed by atoms with Crippen LogP contribution in [0.5, 0.6) is 0 Å². The van der Waals surface area contributed by atoms with E-state index >= 15 is 0 Å². The first-order valence-electron chi connectivity index (χ1n) is 9.36. The van der Waals surface area contributed by atoms with E-state index in [9.17, 15) is 18.0 Å². The van der Waals surface area contributed by atoms with E-state index in [2.05, 4.69) is 15.3 Å². The third-order valence-corrected chi connectivity index (χ3v) is 5.14. The Bertz CT molecular complexity index is 918. The minimum Gasteiger partial charge on any atom is -0.466 e. The van der Waals surface area contributed by atoms with Crippen molar-refractivity contribution in [1.82, 2.24) is 9.97 Å². The van der Waals surface area contributed by atoms with E-state index in [1.165, 1.54) is 12.4 Å². The van der Waals surface area contributed by atoms with E-state index in [1.807, 2.05) is 4.90 Å². The summed E-state index contributed by atoms with van der Waals surface area (Å²) in [6.45, 7) is 3.20. The number of nitrogens with zero attached hydrogens (tertiary/aromatic N) is 3. The summed E-state index contributed by atoms with van der Waals surface area (Å²) in [5, 5.41) is 2.41. The van der Waals surface area contributed by atoms with Gasteiger partial charge < -0.3 is 20.7 Å². The molecule has 0 atom stereocenters. The molecule has 30 heavy (non-hydrogen) atoms. The molecule has 1 saturated heterocycles. The molecule has 1 aliphatic heterocycles. The minimum atomic E-state index is -4.58. The first-order valence-corrected chi connectivity index (χ1v) is 9.74. The Morgan fingerprint density at radius 1 is 1.33 bits per heavy atom. The van der Waals surface area contributed by atoms with Gasteiger partial charge >= 0.3 is 12.1 Å². The van der Waals surface area contributed by atoms with Crippen molar-refractivity contribution in [1.29, 1.82) is 0 Å². The highest BCUT2D eigenvalue weighted by atomic mass is 35.5. The highest BCUT2D eigenvalue weighted by Gasteiger charge is 2.33. The maximum absolute atomic E-state index is 13.1. The van der Waals surface area contributed by atoms with Crippen molar-refractivity contribution in [2.75, 3.05) is 35.6 Å².